The van der Waals surface area contributed by atoms with E-state index in [4.69, 9.17) is 0 Å². The molecule has 0 amide bonds. The Morgan fingerprint density at radius 2 is 2.13 bits per heavy atom. The molecule has 0 aliphatic carbocycles. The minimum atomic E-state index is -0.205. The molecule has 0 spiro atoms. The number of aromatic nitrogens is 1. The predicted octanol–water partition coefficient (Wildman–Crippen LogP) is 3.11. The lowest BCUT2D eigenvalue weighted by Crippen LogP contribution is -1.99. The molecule has 15 heavy (non-hydrogen) atoms. The molecule has 0 aliphatic rings. The van der Waals surface area contributed by atoms with Crippen molar-refractivity contribution in [2.45, 2.75) is 13.8 Å². The van der Waals surface area contributed by atoms with Gasteiger partial charge in [-0.3, -0.25) is 0 Å². The molecule has 1 aromatic heterocycles. The molecule has 0 fully saturated rings. The summed E-state index contributed by atoms with van der Waals surface area (Å²) >= 11 is 0. The van der Waals surface area contributed by atoms with E-state index in [2.05, 4.69) is 10.3 Å². The van der Waals surface area contributed by atoms with Gasteiger partial charge >= 0.3 is 0 Å². The van der Waals surface area contributed by atoms with Crippen LogP contribution in [0.4, 0.5) is 10.2 Å². The molecule has 0 bridgehead atoms. The highest BCUT2D eigenvalue weighted by Crippen LogP contribution is 2.19. The number of hydrogen-bond acceptors (Lipinski definition) is 2. The van der Waals surface area contributed by atoms with Gasteiger partial charge in [0.15, 0.2) is 0 Å². The van der Waals surface area contributed by atoms with Crippen LogP contribution in [0.2, 0.25) is 0 Å². The summed E-state index contributed by atoms with van der Waals surface area (Å²) in [6, 6.07) is 7.15. The molecule has 2 aromatic rings. The van der Waals surface area contributed by atoms with Gasteiger partial charge in [-0.05, 0) is 37.6 Å². The number of nitrogens with zero attached hydrogens (tertiary/aromatic N) is 1. The number of fused-ring (bicyclic) bond motifs is 1. The quantitative estimate of drug-likeness (QED) is 0.813. The molecule has 0 radical (unpaired) electrons. The monoisotopic (exact) mass is 204 g/mol. The summed E-state index contributed by atoms with van der Waals surface area (Å²) in [6.07, 6.45) is 0. The third-order valence-corrected chi connectivity index (χ3v) is 2.33. The minimum Gasteiger partial charge on any atom is -0.370 e. The maximum atomic E-state index is 13.3. The summed E-state index contributed by atoms with van der Waals surface area (Å²) in [5.74, 6) is 0.580. The van der Waals surface area contributed by atoms with E-state index in [9.17, 15) is 4.39 Å². The Kier molecular flexibility index (Phi) is 2.54. The fourth-order valence-electron chi connectivity index (χ4n) is 1.54. The largest absolute Gasteiger partial charge is 0.370 e. The van der Waals surface area contributed by atoms with E-state index < -0.39 is 0 Å². The lowest BCUT2D eigenvalue weighted by molar-refractivity contribution is 0.620. The number of hydrogen-bond donors (Lipinski definition) is 1. The van der Waals surface area contributed by atoms with Crippen LogP contribution in [0.15, 0.2) is 24.3 Å². The zero-order valence-electron chi connectivity index (χ0n) is 8.84. The van der Waals surface area contributed by atoms with Crippen LogP contribution in [0.25, 0.3) is 10.9 Å². The number of rotatable bonds is 2. The van der Waals surface area contributed by atoms with Crippen LogP contribution in [-0.2, 0) is 0 Å². The Morgan fingerprint density at radius 3 is 2.87 bits per heavy atom. The lowest BCUT2D eigenvalue weighted by Gasteiger charge is -2.05. The van der Waals surface area contributed by atoms with Crippen LogP contribution in [0.1, 0.15) is 12.5 Å². The fourth-order valence-corrected chi connectivity index (χ4v) is 1.54. The summed E-state index contributed by atoms with van der Waals surface area (Å²) in [6.45, 7) is 4.57. The summed E-state index contributed by atoms with van der Waals surface area (Å²) in [5, 5.41) is 4.07. The zero-order valence-corrected chi connectivity index (χ0v) is 8.84. The topological polar surface area (TPSA) is 24.9 Å². The van der Waals surface area contributed by atoms with E-state index in [1.165, 1.54) is 6.07 Å². The molecule has 0 atom stereocenters. The van der Waals surface area contributed by atoms with Crippen LogP contribution in [0, 0.1) is 12.7 Å². The first-order chi connectivity index (χ1) is 7.20. The van der Waals surface area contributed by atoms with Crippen molar-refractivity contribution in [1.82, 2.24) is 4.98 Å². The normalized spacial score (nSPS) is 10.6. The molecule has 78 valence electrons. The van der Waals surface area contributed by atoms with Crippen molar-refractivity contribution < 1.29 is 4.39 Å². The summed E-state index contributed by atoms with van der Waals surface area (Å²) in [5.41, 5.74) is 1.34. The molecule has 2 rings (SSSR count). The number of halogens is 1. The number of nitrogens with one attached hydrogen (secondary N) is 1. The third kappa shape index (κ3) is 1.91. The number of benzene rings is 1. The molecule has 0 aliphatic heterocycles. The fraction of sp³-hybridized carbons (Fsp3) is 0.250. The van der Waals surface area contributed by atoms with Gasteiger partial charge in [-0.1, -0.05) is 0 Å². The summed E-state index contributed by atoms with van der Waals surface area (Å²) in [4.78, 5) is 4.32. The molecular formula is C12H13FN2. The Labute approximate surface area is 88.1 Å². The van der Waals surface area contributed by atoms with Crippen LogP contribution >= 0.6 is 0 Å². The van der Waals surface area contributed by atoms with Gasteiger partial charge in [0.1, 0.15) is 11.6 Å². The summed E-state index contributed by atoms with van der Waals surface area (Å²) in [7, 11) is 0. The van der Waals surface area contributed by atoms with E-state index in [1.54, 1.807) is 6.92 Å². The highest BCUT2D eigenvalue weighted by atomic mass is 19.1. The molecule has 0 saturated carbocycles. The van der Waals surface area contributed by atoms with Crippen LogP contribution in [0.3, 0.4) is 0 Å². The number of aryl methyl sites for hydroxylation is 1. The highest BCUT2D eigenvalue weighted by Gasteiger charge is 2.02. The Balaban J connectivity index is 2.56. The van der Waals surface area contributed by atoms with Gasteiger partial charge in [-0.15, -0.1) is 0 Å². The van der Waals surface area contributed by atoms with Crippen molar-refractivity contribution in [2.24, 2.45) is 0 Å². The van der Waals surface area contributed by atoms with E-state index in [0.29, 0.717) is 11.1 Å². The van der Waals surface area contributed by atoms with Crippen LogP contribution < -0.4 is 5.32 Å². The molecule has 2 nitrogen and oxygen atoms in total. The average molecular weight is 204 g/mol. The van der Waals surface area contributed by atoms with Crippen molar-refractivity contribution >= 4 is 16.7 Å². The second-order valence-electron chi connectivity index (χ2n) is 3.52. The standard InChI is InChI=1S/C12H13FN2/c1-3-14-12-5-4-9-6-8(2)10(13)7-11(9)15-12/h4-7H,3H2,1-2H3,(H,14,15). The molecule has 3 heteroatoms. The predicted molar refractivity (Wildman–Crippen MR) is 60.6 cm³/mol. The third-order valence-electron chi connectivity index (χ3n) is 2.33. The second-order valence-corrected chi connectivity index (χ2v) is 3.52. The van der Waals surface area contributed by atoms with Crippen molar-refractivity contribution in [3.8, 4) is 0 Å². The van der Waals surface area contributed by atoms with Gasteiger partial charge < -0.3 is 5.32 Å². The van der Waals surface area contributed by atoms with Gasteiger partial charge in [-0.2, -0.15) is 0 Å². The van der Waals surface area contributed by atoms with E-state index in [-0.39, 0.29) is 5.82 Å². The van der Waals surface area contributed by atoms with Gasteiger partial charge in [-0.25, -0.2) is 9.37 Å². The lowest BCUT2D eigenvalue weighted by atomic mass is 10.1. The number of anilines is 1. The smallest absolute Gasteiger partial charge is 0.128 e. The van der Waals surface area contributed by atoms with Gasteiger partial charge in [0, 0.05) is 18.0 Å². The Bertz CT molecular complexity index is 494. The van der Waals surface area contributed by atoms with E-state index in [1.807, 2.05) is 25.1 Å². The molecular weight excluding hydrogens is 191 g/mol. The molecule has 1 N–H and O–H groups in total. The first-order valence-corrected chi connectivity index (χ1v) is 5.01. The molecule has 0 unspecified atom stereocenters. The number of pyridine rings is 1. The SMILES string of the molecule is CCNc1ccc2cc(C)c(F)cc2n1. The first-order valence-electron chi connectivity index (χ1n) is 5.01. The van der Waals surface area contributed by atoms with E-state index >= 15 is 0 Å². The Hall–Kier alpha value is -1.64. The van der Waals surface area contributed by atoms with Gasteiger partial charge in [0.05, 0.1) is 5.52 Å². The maximum absolute atomic E-state index is 13.3. The van der Waals surface area contributed by atoms with Crippen LogP contribution in [-0.4, -0.2) is 11.5 Å². The highest BCUT2D eigenvalue weighted by molar-refractivity contribution is 5.81. The molecule has 1 heterocycles. The van der Waals surface area contributed by atoms with Crippen molar-refractivity contribution in [1.29, 1.82) is 0 Å². The molecule has 0 saturated heterocycles. The van der Waals surface area contributed by atoms with Gasteiger partial charge in [0.2, 0.25) is 0 Å². The van der Waals surface area contributed by atoms with E-state index in [0.717, 1.165) is 17.7 Å². The zero-order chi connectivity index (χ0) is 10.8. The van der Waals surface area contributed by atoms with Crippen molar-refractivity contribution in [3.63, 3.8) is 0 Å². The second kappa shape index (κ2) is 3.85. The maximum Gasteiger partial charge on any atom is 0.128 e. The Morgan fingerprint density at radius 1 is 1.33 bits per heavy atom. The van der Waals surface area contributed by atoms with Crippen molar-refractivity contribution in [3.05, 3.63) is 35.6 Å². The minimum absolute atomic E-state index is 0.205. The average Bonchev–Trinajstić information content (AvgIpc) is 2.21. The van der Waals surface area contributed by atoms with Gasteiger partial charge in [0.25, 0.3) is 0 Å². The van der Waals surface area contributed by atoms with Crippen molar-refractivity contribution in [2.75, 3.05) is 11.9 Å². The molecule has 1 aromatic carbocycles. The van der Waals surface area contributed by atoms with Crippen LogP contribution in [0.5, 0.6) is 0 Å². The summed E-state index contributed by atoms with van der Waals surface area (Å²) < 4.78 is 13.3. The first kappa shape index (κ1) is 9.90.